The van der Waals surface area contributed by atoms with Gasteiger partial charge in [-0.3, -0.25) is 4.90 Å². The summed E-state index contributed by atoms with van der Waals surface area (Å²) in [5.41, 5.74) is 7.20. The Bertz CT molecular complexity index is 270. The molecular weight excluding hydrogens is 176 g/mol. The van der Waals surface area contributed by atoms with Crippen molar-refractivity contribution in [3.63, 3.8) is 0 Å². The van der Waals surface area contributed by atoms with E-state index in [2.05, 4.69) is 21.8 Å². The van der Waals surface area contributed by atoms with Crippen LogP contribution in [0.3, 0.4) is 0 Å². The number of aromatic amines is 1. The molecule has 4 nitrogen and oxygen atoms in total. The van der Waals surface area contributed by atoms with Crippen molar-refractivity contribution in [2.75, 3.05) is 13.1 Å². The molecule has 0 radical (unpaired) electrons. The summed E-state index contributed by atoms with van der Waals surface area (Å²) in [6.07, 6.45) is 4.81. The maximum atomic E-state index is 6.03. The maximum Gasteiger partial charge on any atom is 0.0922 e. The molecule has 78 valence electrons. The van der Waals surface area contributed by atoms with Gasteiger partial charge < -0.3 is 10.7 Å². The Labute approximate surface area is 84.5 Å². The summed E-state index contributed by atoms with van der Waals surface area (Å²) in [7, 11) is 0. The minimum Gasteiger partial charge on any atom is -0.347 e. The molecule has 2 unspecified atom stereocenters. The van der Waals surface area contributed by atoms with Crippen LogP contribution in [0.15, 0.2) is 12.5 Å². The minimum absolute atomic E-state index is 0.326. The van der Waals surface area contributed by atoms with Gasteiger partial charge in [0.15, 0.2) is 0 Å². The van der Waals surface area contributed by atoms with Crippen LogP contribution in [-0.4, -0.2) is 34.0 Å². The van der Waals surface area contributed by atoms with E-state index in [1.807, 2.05) is 6.20 Å². The predicted molar refractivity (Wildman–Crippen MR) is 55.6 cm³/mol. The number of piperidine rings is 1. The molecule has 2 heterocycles. The number of nitrogens with zero attached hydrogens (tertiary/aromatic N) is 2. The van der Waals surface area contributed by atoms with Gasteiger partial charge in [-0.15, -0.1) is 0 Å². The summed E-state index contributed by atoms with van der Waals surface area (Å²) in [6.45, 7) is 5.33. The lowest BCUT2D eigenvalue weighted by Gasteiger charge is -2.34. The Balaban J connectivity index is 1.88. The molecule has 2 atom stereocenters. The van der Waals surface area contributed by atoms with Crippen LogP contribution in [0.4, 0.5) is 0 Å². The lowest BCUT2D eigenvalue weighted by atomic mass is 9.94. The highest BCUT2D eigenvalue weighted by atomic mass is 15.2. The van der Waals surface area contributed by atoms with Crippen LogP contribution in [0.25, 0.3) is 0 Å². The molecule has 4 heteroatoms. The van der Waals surface area contributed by atoms with Gasteiger partial charge in [0.1, 0.15) is 0 Å². The number of aromatic nitrogens is 2. The van der Waals surface area contributed by atoms with Gasteiger partial charge in [-0.25, -0.2) is 4.98 Å². The summed E-state index contributed by atoms with van der Waals surface area (Å²) >= 11 is 0. The Kier molecular flexibility index (Phi) is 2.84. The average molecular weight is 194 g/mol. The number of imidazole rings is 1. The summed E-state index contributed by atoms with van der Waals surface area (Å²) in [6, 6.07) is 0.326. The Morgan fingerprint density at radius 2 is 2.57 bits per heavy atom. The lowest BCUT2D eigenvalue weighted by molar-refractivity contribution is 0.161. The van der Waals surface area contributed by atoms with Crippen LogP contribution < -0.4 is 5.73 Å². The van der Waals surface area contributed by atoms with Gasteiger partial charge in [0, 0.05) is 31.0 Å². The highest BCUT2D eigenvalue weighted by Crippen LogP contribution is 2.16. The molecule has 0 amide bonds. The van der Waals surface area contributed by atoms with Crippen LogP contribution in [0.1, 0.15) is 19.0 Å². The molecular formula is C10H18N4. The first-order chi connectivity index (χ1) is 6.75. The standard InChI is InChI=1S/C10H18N4/c1-8-2-3-14(6-10(8)11)5-9-4-12-7-13-9/h4,7-8,10H,2-3,5-6,11H2,1H3,(H,12,13). The van der Waals surface area contributed by atoms with Crippen molar-refractivity contribution in [2.45, 2.75) is 25.9 Å². The van der Waals surface area contributed by atoms with Crippen molar-refractivity contribution in [1.82, 2.24) is 14.9 Å². The Morgan fingerprint density at radius 1 is 1.71 bits per heavy atom. The number of likely N-dealkylation sites (tertiary alicyclic amines) is 1. The molecule has 0 aromatic carbocycles. The number of hydrogen-bond donors (Lipinski definition) is 2. The molecule has 1 fully saturated rings. The highest BCUT2D eigenvalue weighted by molar-refractivity contribution is 4.95. The van der Waals surface area contributed by atoms with E-state index in [0.29, 0.717) is 12.0 Å². The molecule has 1 aromatic heterocycles. The van der Waals surface area contributed by atoms with Crippen molar-refractivity contribution in [3.05, 3.63) is 18.2 Å². The molecule has 2 rings (SSSR count). The van der Waals surface area contributed by atoms with Crippen LogP contribution in [0.2, 0.25) is 0 Å². The molecule has 14 heavy (non-hydrogen) atoms. The van der Waals surface area contributed by atoms with Crippen LogP contribution in [0.5, 0.6) is 0 Å². The zero-order chi connectivity index (χ0) is 9.97. The topological polar surface area (TPSA) is 57.9 Å². The second kappa shape index (κ2) is 4.11. The second-order valence-electron chi connectivity index (χ2n) is 4.24. The third kappa shape index (κ3) is 2.13. The van der Waals surface area contributed by atoms with Gasteiger partial charge in [-0.2, -0.15) is 0 Å². The third-order valence-electron chi connectivity index (χ3n) is 3.05. The predicted octanol–water partition coefficient (Wildman–Crippen LogP) is 0.579. The van der Waals surface area contributed by atoms with Crippen LogP contribution in [0, 0.1) is 5.92 Å². The van der Waals surface area contributed by atoms with Crippen molar-refractivity contribution in [1.29, 1.82) is 0 Å². The molecule has 0 saturated carbocycles. The summed E-state index contributed by atoms with van der Waals surface area (Å²) in [5, 5.41) is 0. The van der Waals surface area contributed by atoms with Gasteiger partial charge in [-0.05, 0) is 18.9 Å². The minimum atomic E-state index is 0.326. The van der Waals surface area contributed by atoms with Crippen molar-refractivity contribution < 1.29 is 0 Å². The van der Waals surface area contributed by atoms with Gasteiger partial charge in [0.25, 0.3) is 0 Å². The van der Waals surface area contributed by atoms with E-state index in [-0.39, 0.29) is 0 Å². The number of nitrogens with two attached hydrogens (primary N) is 1. The Hall–Kier alpha value is -0.870. The van der Waals surface area contributed by atoms with E-state index in [0.717, 1.165) is 19.6 Å². The smallest absolute Gasteiger partial charge is 0.0922 e. The first kappa shape index (κ1) is 9.68. The van der Waals surface area contributed by atoms with Gasteiger partial charge >= 0.3 is 0 Å². The number of hydrogen-bond acceptors (Lipinski definition) is 3. The quantitative estimate of drug-likeness (QED) is 0.724. The van der Waals surface area contributed by atoms with Crippen molar-refractivity contribution >= 4 is 0 Å². The largest absolute Gasteiger partial charge is 0.347 e. The number of H-pyrrole nitrogens is 1. The Morgan fingerprint density at radius 3 is 3.21 bits per heavy atom. The third-order valence-corrected chi connectivity index (χ3v) is 3.05. The van der Waals surface area contributed by atoms with E-state index >= 15 is 0 Å². The molecule has 1 aliphatic rings. The highest BCUT2D eigenvalue weighted by Gasteiger charge is 2.22. The fourth-order valence-corrected chi connectivity index (χ4v) is 1.93. The van der Waals surface area contributed by atoms with E-state index in [9.17, 15) is 0 Å². The molecule has 1 saturated heterocycles. The van der Waals surface area contributed by atoms with Gasteiger partial charge in [-0.1, -0.05) is 6.92 Å². The summed E-state index contributed by atoms with van der Waals surface area (Å²) in [4.78, 5) is 9.51. The SMILES string of the molecule is CC1CCN(Cc2cnc[nH]2)CC1N. The van der Waals surface area contributed by atoms with E-state index in [4.69, 9.17) is 5.73 Å². The molecule has 1 aliphatic heterocycles. The zero-order valence-corrected chi connectivity index (χ0v) is 8.61. The van der Waals surface area contributed by atoms with Crippen LogP contribution in [-0.2, 0) is 6.54 Å². The molecule has 1 aromatic rings. The van der Waals surface area contributed by atoms with Crippen LogP contribution >= 0.6 is 0 Å². The van der Waals surface area contributed by atoms with Crippen molar-refractivity contribution in [3.8, 4) is 0 Å². The second-order valence-corrected chi connectivity index (χ2v) is 4.24. The summed E-state index contributed by atoms with van der Waals surface area (Å²) in [5.74, 6) is 0.660. The fraction of sp³-hybridized carbons (Fsp3) is 0.700. The lowest BCUT2D eigenvalue weighted by Crippen LogP contribution is -2.47. The van der Waals surface area contributed by atoms with E-state index in [1.54, 1.807) is 6.33 Å². The number of rotatable bonds is 2. The van der Waals surface area contributed by atoms with Gasteiger partial charge in [0.2, 0.25) is 0 Å². The normalized spacial score (nSPS) is 29.3. The van der Waals surface area contributed by atoms with E-state index < -0.39 is 0 Å². The monoisotopic (exact) mass is 194 g/mol. The average Bonchev–Trinajstić information content (AvgIpc) is 2.64. The van der Waals surface area contributed by atoms with Crippen molar-refractivity contribution in [2.24, 2.45) is 11.7 Å². The van der Waals surface area contributed by atoms with Gasteiger partial charge in [0.05, 0.1) is 6.33 Å². The molecule has 0 aliphatic carbocycles. The van der Waals surface area contributed by atoms with E-state index in [1.165, 1.54) is 12.1 Å². The molecule has 0 bridgehead atoms. The first-order valence-electron chi connectivity index (χ1n) is 5.21. The fourth-order valence-electron chi connectivity index (χ4n) is 1.93. The maximum absolute atomic E-state index is 6.03. The number of nitrogens with one attached hydrogen (secondary N) is 1. The molecule has 0 spiro atoms. The summed E-state index contributed by atoms with van der Waals surface area (Å²) < 4.78 is 0. The first-order valence-corrected chi connectivity index (χ1v) is 5.21. The molecule has 3 N–H and O–H groups in total. The zero-order valence-electron chi connectivity index (χ0n) is 8.61.